The minimum absolute atomic E-state index is 0. The molecule has 0 spiro atoms. The van der Waals surface area contributed by atoms with E-state index in [1.165, 1.54) is 11.1 Å². The first-order chi connectivity index (χ1) is 12.2. The molecule has 7 heteroatoms. The molecule has 2 aliphatic heterocycles. The van der Waals surface area contributed by atoms with E-state index in [4.69, 9.17) is 4.74 Å². The molecule has 136 valence electrons. The summed E-state index contributed by atoms with van der Waals surface area (Å²) in [5, 5.41) is 9.15. The van der Waals surface area contributed by atoms with Crippen molar-refractivity contribution in [2.75, 3.05) is 25.0 Å². The third kappa shape index (κ3) is 3.66. The first-order valence-corrected chi connectivity index (χ1v) is 8.37. The van der Waals surface area contributed by atoms with Crippen molar-refractivity contribution in [3.8, 4) is 5.75 Å². The molecule has 4 rings (SSSR count). The zero-order chi connectivity index (χ0) is 17.2. The van der Waals surface area contributed by atoms with Crippen LogP contribution < -0.4 is 20.7 Å². The summed E-state index contributed by atoms with van der Waals surface area (Å²) in [6.45, 7) is 1.40. The van der Waals surface area contributed by atoms with Gasteiger partial charge in [-0.3, -0.25) is 9.59 Å². The maximum Gasteiger partial charge on any atom is 0.262 e. The van der Waals surface area contributed by atoms with Gasteiger partial charge in [-0.2, -0.15) is 0 Å². The molecule has 2 amide bonds. The van der Waals surface area contributed by atoms with Crippen molar-refractivity contribution in [2.45, 2.75) is 12.5 Å². The van der Waals surface area contributed by atoms with E-state index in [1.807, 2.05) is 12.1 Å². The van der Waals surface area contributed by atoms with Gasteiger partial charge in [0.05, 0.1) is 5.69 Å². The normalized spacial score (nSPS) is 17.7. The molecule has 6 nitrogen and oxygen atoms in total. The van der Waals surface area contributed by atoms with Crippen molar-refractivity contribution in [3.63, 3.8) is 0 Å². The fourth-order valence-corrected chi connectivity index (χ4v) is 3.29. The van der Waals surface area contributed by atoms with E-state index in [9.17, 15) is 9.59 Å². The van der Waals surface area contributed by atoms with Crippen molar-refractivity contribution >= 4 is 29.9 Å². The Morgan fingerprint density at radius 2 is 2.08 bits per heavy atom. The van der Waals surface area contributed by atoms with Crippen LogP contribution in [0.5, 0.6) is 5.75 Å². The number of nitrogens with one attached hydrogen (secondary N) is 3. The molecule has 2 aliphatic rings. The molecule has 0 radical (unpaired) electrons. The molecule has 0 saturated carbocycles. The highest BCUT2D eigenvalue weighted by Crippen LogP contribution is 2.28. The van der Waals surface area contributed by atoms with Gasteiger partial charge in [-0.25, -0.2) is 0 Å². The maximum absolute atomic E-state index is 12.5. The van der Waals surface area contributed by atoms with Crippen molar-refractivity contribution in [3.05, 3.63) is 59.2 Å². The highest BCUT2D eigenvalue weighted by atomic mass is 35.5. The Balaban J connectivity index is 0.00000196. The van der Waals surface area contributed by atoms with Crippen molar-refractivity contribution in [1.29, 1.82) is 0 Å². The fraction of sp³-hybridized carbons (Fsp3) is 0.263. The Labute approximate surface area is 157 Å². The molecule has 2 heterocycles. The van der Waals surface area contributed by atoms with E-state index >= 15 is 0 Å². The largest absolute Gasteiger partial charge is 0.482 e. The molecule has 26 heavy (non-hydrogen) atoms. The number of carbonyl (C=O) groups is 2. The average molecular weight is 374 g/mol. The molecular formula is C19H20ClN3O3. The number of carbonyl (C=O) groups excluding carboxylic acids is 2. The van der Waals surface area contributed by atoms with Gasteiger partial charge in [0.2, 0.25) is 0 Å². The molecule has 0 aromatic heterocycles. The van der Waals surface area contributed by atoms with Gasteiger partial charge in [0.1, 0.15) is 5.75 Å². The zero-order valence-electron chi connectivity index (χ0n) is 14.1. The minimum Gasteiger partial charge on any atom is -0.482 e. The number of rotatable bonds is 3. The number of ether oxygens (including phenoxy) is 1. The quantitative estimate of drug-likeness (QED) is 0.769. The topological polar surface area (TPSA) is 79.5 Å². The third-order valence-corrected chi connectivity index (χ3v) is 4.56. The number of halogens is 1. The van der Waals surface area contributed by atoms with Crippen LogP contribution in [0.2, 0.25) is 0 Å². The van der Waals surface area contributed by atoms with E-state index in [1.54, 1.807) is 18.2 Å². The number of hydrogen-bond donors (Lipinski definition) is 3. The van der Waals surface area contributed by atoms with Gasteiger partial charge in [-0.05, 0) is 42.3 Å². The second kappa shape index (κ2) is 7.76. The third-order valence-electron chi connectivity index (χ3n) is 4.56. The van der Waals surface area contributed by atoms with Crippen molar-refractivity contribution in [1.82, 2.24) is 10.6 Å². The van der Waals surface area contributed by atoms with Gasteiger partial charge < -0.3 is 20.7 Å². The Morgan fingerprint density at radius 1 is 1.23 bits per heavy atom. The molecule has 2 aromatic rings. The number of fused-ring (bicyclic) bond motifs is 2. The zero-order valence-corrected chi connectivity index (χ0v) is 14.9. The van der Waals surface area contributed by atoms with Crippen LogP contribution in [-0.2, 0) is 11.2 Å². The van der Waals surface area contributed by atoms with Crippen LogP contribution in [-0.4, -0.2) is 31.5 Å². The summed E-state index contributed by atoms with van der Waals surface area (Å²) in [7, 11) is 0. The van der Waals surface area contributed by atoms with Crippen LogP contribution in [0.4, 0.5) is 5.69 Å². The number of benzene rings is 2. The van der Waals surface area contributed by atoms with Gasteiger partial charge >= 0.3 is 0 Å². The highest BCUT2D eigenvalue weighted by molar-refractivity contribution is 5.99. The van der Waals surface area contributed by atoms with E-state index in [0.717, 1.165) is 13.0 Å². The first kappa shape index (κ1) is 18.2. The van der Waals surface area contributed by atoms with E-state index in [0.29, 0.717) is 23.5 Å². The molecule has 1 atom stereocenters. The summed E-state index contributed by atoms with van der Waals surface area (Å²) in [5.41, 5.74) is 3.68. The van der Waals surface area contributed by atoms with Crippen LogP contribution in [0.25, 0.3) is 0 Å². The van der Waals surface area contributed by atoms with Gasteiger partial charge in [0.15, 0.2) is 6.61 Å². The van der Waals surface area contributed by atoms with Crippen LogP contribution in [0, 0.1) is 0 Å². The Bertz CT molecular complexity index is 841. The molecule has 2 aromatic carbocycles. The standard InChI is InChI=1S/C19H19N3O3.ClH/c23-18-11-25-17-9-13(5-6-15(17)22-18)19(24)21-10-16-14-4-2-1-3-12(14)7-8-20-16;/h1-6,9,16,20H,7-8,10-11H2,(H,21,24)(H,22,23);1H. The highest BCUT2D eigenvalue weighted by Gasteiger charge is 2.21. The van der Waals surface area contributed by atoms with E-state index in [-0.39, 0.29) is 36.9 Å². The first-order valence-electron chi connectivity index (χ1n) is 8.37. The van der Waals surface area contributed by atoms with Crippen LogP contribution in [0.15, 0.2) is 42.5 Å². The monoisotopic (exact) mass is 373 g/mol. The number of hydrogen-bond acceptors (Lipinski definition) is 4. The van der Waals surface area contributed by atoms with Crippen molar-refractivity contribution in [2.24, 2.45) is 0 Å². The average Bonchev–Trinajstić information content (AvgIpc) is 2.65. The summed E-state index contributed by atoms with van der Waals surface area (Å²) in [4.78, 5) is 23.8. The Kier molecular flexibility index (Phi) is 5.44. The van der Waals surface area contributed by atoms with E-state index in [2.05, 4.69) is 28.1 Å². The van der Waals surface area contributed by atoms with Crippen molar-refractivity contribution < 1.29 is 14.3 Å². The van der Waals surface area contributed by atoms with Gasteiger partial charge in [0.25, 0.3) is 11.8 Å². The van der Waals surface area contributed by atoms with Gasteiger partial charge in [-0.1, -0.05) is 24.3 Å². The molecule has 3 N–H and O–H groups in total. The molecule has 0 fully saturated rings. The minimum atomic E-state index is -0.188. The second-order valence-corrected chi connectivity index (χ2v) is 6.21. The summed E-state index contributed by atoms with van der Waals surface area (Å²) < 4.78 is 5.36. The predicted octanol–water partition coefficient (Wildman–Crippen LogP) is 2.06. The lowest BCUT2D eigenvalue weighted by atomic mass is 9.94. The fourth-order valence-electron chi connectivity index (χ4n) is 3.29. The molecular weight excluding hydrogens is 354 g/mol. The number of anilines is 1. The lowest BCUT2D eigenvalue weighted by Gasteiger charge is -2.27. The van der Waals surface area contributed by atoms with Gasteiger partial charge in [0, 0.05) is 18.2 Å². The van der Waals surface area contributed by atoms with Crippen LogP contribution in [0.3, 0.4) is 0 Å². The molecule has 0 aliphatic carbocycles. The predicted molar refractivity (Wildman–Crippen MR) is 101 cm³/mol. The molecule has 0 saturated heterocycles. The van der Waals surface area contributed by atoms with Crippen LogP contribution >= 0.6 is 12.4 Å². The molecule has 1 unspecified atom stereocenters. The summed E-state index contributed by atoms with van der Waals surface area (Å²) in [5.74, 6) is 0.174. The number of amides is 2. The van der Waals surface area contributed by atoms with Crippen LogP contribution in [0.1, 0.15) is 27.5 Å². The SMILES string of the molecule is Cl.O=C1COc2cc(C(=O)NCC3NCCc4ccccc43)ccc2N1. The molecule has 0 bridgehead atoms. The van der Waals surface area contributed by atoms with E-state index < -0.39 is 0 Å². The summed E-state index contributed by atoms with van der Waals surface area (Å²) >= 11 is 0. The Hall–Kier alpha value is -2.57. The maximum atomic E-state index is 12.5. The van der Waals surface area contributed by atoms with Gasteiger partial charge in [-0.15, -0.1) is 12.4 Å². The second-order valence-electron chi connectivity index (χ2n) is 6.21. The lowest BCUT2D eigenvalue weighted by Crippen LogP contribution is -2.38. The summed E-state index contributed by atoms with van der Waals surface area (Å²) in [6, 6.07) is 13.5. The summed E-state index contributed by atoms with van der Waals surface area (Å²) in [6.07, 6.45) is 1.01. The lowest BCUT2D eigenvalue weighted by molar-refractivity contribution is -0.118. The smallest absolute Gasteiger partial charge is 0.262 e. The Morgan fingerprint density at radius 3 is 2.96 bits per heavy atom.